The van der Waals surface area contributed by atoms with Crippen LogP contribution in [0.2, 0.25) is 0 Å². The molecule has 2 N–H and O–H groups in total. The van der Waals surface area contributed by atoms with Crippen molar-refractivity contribution < 1.29 is 19.4 Å². The van der Waals surface area contributed by atoms with E-state index in [0.717, 1.165) is 34.9 Å². The van der Waals surface area contributed by atoms with Crippen molar-refractivity contribution in [1.82, 2.24) is 24.7 Å². The maximum atomic E-state index is 13.5. The van der Waals surface area contributed by atoms with Gasteiger partial charge in [-0.1, -0.05) is 13.3 Å². The van der Waals surface area contributed by atoms with Crippen molar-refractivity contribution in [2.75, 3.05) is 26.2 Å². The number of hydrogen-bond donors (Lipinski definition) is 2. The molecule has 2 fully saturated rings. The summed E-state index contributed by atoms with van der Waals surface area (Å²) in [7, 11) is 0. The Morgan fingerprint density at radius 3 is 2.60 bits per heavy atom. The summed E-state index contributed by atoms with van der Waals surface area (Å²) in [5.41, 5.74) is 2.69. The molecule has 2 saturated heterocycles. The van der Waals surface area contributed by atoms with Crippen LogP contribution in [0.25, 0.3) is 22.3 Å². The third-order valence-corrected chi connectivity index (χ3v) is 9.72. The van der Waals surface area contributed by atoms with Crippen LogP contribution in [-0.4, -0.2) is 68.7 Å². The molecule has 0 saturated carbocycles. The Labute approximate surface area is 244 Å². The molecule has 2 aromatic heterocycles. The van der Waals surface area contributed by atoms with Crippen molar-refractivity contribution in [3.8, 4) is 17.1 Å². The summed E-state index contributed by atoms with van der Waals surface area (Å²) in [5.74, 6) is -0.0439. The quantitative estimate of drug-likeness (QED) is 0.388. The number of aryl methyl sites for hydroxylation is 1. The van der Waals surface area contributed by atoms with Gasteiger partial charge in [-0.15, -0.1) is 0 Å². The third kappa shape index (κ3) is 4.31. The molecule has 220 valence electrons. The number of likely N-dealkylation sites (tertiary alicyclic amines) is 2. The number of amides is 2. The molecule has 2 amide bonds. The van der Waals surface area contributed by atoms with Gasteiger partial charge in [0.1, 0.15) is 5.75 Å². The molecule has 0 aliphatic carbocycles. The summed E-state index contributed by atoms with van der Waals surface area (Å²) in [4.78, 5) is 48.3. The summed E-state index contributed by atoms with van der Waals surface area (Å²) >= 11 is 0. The van der Waals surface area contributed by atoms with Gasteiger partial charge in [-0.25, -0.2) is 9.78 Å². The first-order valence-electron chi connectivity index (χ1n) is 15.2. The predicted molar refractivity (Wildman–Crippen MR) is 157 cm³/mol. The highest BCUT2D eigenvalue weighted by atomic mass is 16.6. The molecular formula is C32H37N5O5. The summed E-state index contributed by atoms with van der Waals surface area (Å²) in [6.45, 7) is 7.66. The number of piperidine rings is 2. The second-order valence-electron chi connectivity index (χ2n) is 12.2. The lowest BCUT2D eigenvalue weighted by molar-refractivity contribution is -0.140. The first-order chi connectivity index (χ1) is 20.3. The molecule has 1 aromatic carbocycles. The van der Waals surface area contributed by atoms with E-state index in [2.05, 4.69) is 17.1 Å². The zero-order valence-corrected chi connectivity index (χ0v) is 24.2. The highest BCUT2D eigenvalue weighted by molar-refractivity contribution is 5.91. The third-order valence-electron chi connectivity index (χ3n) is 9.72. The maximum absolute atomic E-state index is 13.5. The van der Waals surface area contributed by atoms with Crippen LogP contribution in [0, 0.1) is 0 Å². The van der Waals surface area contributed by atoms with E-state index in [9.17, 15) is 19.5 Å². The number of ether oxygens (including phenoxy) is 1. The normalized spacial score (nSPS) is 22.5. The summed E-state index contributed by atoms with van der Waals surface area (Å²) in [6.07, 6.45) is 6.20. The first kappa shape index (κ1) is 27.1. The molecule has 0 unspecified atom stereocenters. The molecule has 6 heterocycles. The zero-order chi connectivity index (χ0) is 29.2. The lowest BCUT2D eigenvalue weighted by Gasteiger charge is -2.39. The highest BCUT2D eigenvalue weighted by Gasteiger charge is 2.41. The van der Waals surface area contributed by atoms with Crippen LogP contribution in [-0.2, 0) is 29.9 Å². The van der Waals surface area contributed by atoms with E-state index in [1.165, 1.54) is 39.3 Å². The number of carbonyl (C=O) groups excluding carboxylic acids is 2. The number of rotatable bonds is 3. The molecule has 4 aliphatic rings. The van der Waals surface area contributed by atoms with Gasteiger partial charge in [0.15, 0.2) is 5.60 Å². The van der Waals surface area contributed by atoms with E-state index >= 15 is 0 Å². The van der Waals surface area contributed by atoms with Crippen molar-refractivity contribution in [2.45, 2.75) is 77.1 Å². The molecule has 10 nitrogen and oxygen atoms in total. The SMILES string of the molecule is CCc1c2c(nc3ccc(OC(=O)N4CCC(N5CCCCC5)CC4)cc13)-c1cc3c(c(=O)n1C2)CNC(=O)[C@@]3(C)O. The van der Waals surface area contributed by atoms with Crippen molar-refractivity contribution in [3.05, 3.63) is 56.9 Å². The zero-order valence-electron chi connectivity index (χ0n) is 24.2. The lowest BCUT2D eigenvalue weighted by Crippen LogP contribution is -2.49. The molecule has 0 bridgehead atoms. The molecule has 0 radical (unpaired) electrons. The molecule has 3 aromatic rings. The number of nitrogens with one attached hydrogen (secondary N) is 1. The molecule has 0 spiro atoms. The number of carbonyl (C=O) groups is 2. The Kier molecular flexibility index (Phi) is 6.58. The minimum Gasteiger partial charge on any atom is -0.410 e. The van der Waals surface area contributed by atoms with Crippen LogP contribution in [0.1, 0.15) is 68.2 Å². The lowest BCUT2D eigenvalue weighted by atomic mass is 9.87. The number of nitrogens with zero attached hydrogens (tertiary/aromatic N) is 4. The van der Waals surface area contributed by atoms with Crippen LogP contribution >= 0.6 is 0 Å². The van der Waals surface area contributed by atoms with Gasteiger partial charge < -0.3 is 29.5 Å². The summed E-state index contributed by atoms with van der Waals surface area (Å²) in [6, 6.07) is 7.79. The van der Waals surface area contributed by atoms with Crippen molar-refractivity contribution in [1.29, 1.82) is 0 Å². The second kappa shape index (κ2) is 10.2. The van der Waals surface area contributed by atoms with E-state index in [0.29, 0.717) is 60.4 Å². The van der Waals surface area contributed by atoms with E-state index in [1.807, 2.05) is 17.0 Å². The topological polar surface area (TPSA) is 117 Å². The fourth-order valence-electron chi connectivity index (χ4n) is 7.33. The van der Waals surface area contributed by atoms with Crippen LogP contribution in [0.3, 0.4) is 0 Å². The number of aliphatic hydroxyl groups is 1. The average molecular weight is 572 g/mol. The minimum absolute atomic E-state index is 0.0838. The van der Waals surface area contributed by atoms with Crippen molar-refractivity contribution in [2.24, 2.45) is 0 Å². The van der Waals surface area contributed by atoms with Crippen molar-refractivity contribution >= 4 is 22.9 Å². The minimum atomic E-state index is -1.79. The average Bonchev–Trinajstić information content (AvgIpc) is 3.37. The summed E-state index contributed by atoms with van der Waals surface area (Å²) in [5, 5.41) is 14.4. The fraction of sp³-hybridized carbons (Fsp3) is 0.500. The van der Waals surface area contributed by atoms with Crippen LogP contribution in [0.4, 0.5) is 4.79 Å². The van der Waals surface area contributed by atoms with Gasteiger partial charge >= 0.3 is 6.09 Å². The monoisotopic (exact) mass is 571 g/mol. The number of hydrogen-bond acceptors (Lipinski definition) is 7. The molecular weight excluding hydrogens is 534 g/mol. The molecule has 7 rings (SSSR count). The number of aromatic nitrogens is 2. The smallest absolute Gasteiger partial charge is 0.410 e. The van der Waals surface area contributed by atoms with Gasteiger partial charge in [-0.2, -0.15) is 0 Å². The van der Waals surface area contributed by atoms with Gasteiger partial charge in [0.2, 0.25) is 0 Å². The Hall–Kier alpha value is -3.76. The molecule has 4 aliphatic heterocycles. The Morgan fingerprint density at radius 1 is 1.10 bits per heavy atom. The van der Waals surface area contributed by atoms with Gasteiger partial charge in [0.05, 0.1) is 23.4 Å². The Morgan fingerprint density at radius 2 is 1.86 bits per heavy atom. The van der Waals surface area contributed by atoms with Gasteiger partial charge in [0, 0.05) is 47.8 Å². The first-order valence-corrected chi connectivity index (χ1v) is 15.2. The Bertz CT molecular complexity index is 1660. The molecule has 1 atom stereocenters. The van der Waals surface area contributed by atoms with E-state index < -0.39 is 11.5 Å². The fourth-order valence-corrected chi connectivity index (χ4v) is 7.33. The standard InChI is InChI=1S/C32H37N5O5/c1-3-21-22-15-20(42-31(40)36-13-9-19(10-14-36)35-11-5-4-6-12-35)7-8-26(22)34-28-24(21)18-37-27(28)16-25-23(29(37)38)17-33-30(39)32(25,2)41/h7-8,15-16,19,41H,3-6,9-14,17-18H2,1-2H3,(H,33,39)/t32-/m0/s1. The van der Waals surface area contributed by atoms with E-state index in [-0.39, 0.29) is 18.2 Å². The van der Waals surface area contributed by atoms with Crippen molar-refractivity contribution in [3.63, 3.8) is 0 Å². The highest BCUT2D eigenvalue weighted by Crippen LogP contribution is 2.39. The predicted octanol–water partition coefficient (Wildman–Crippen LogP) is 3.27. The number of fused-ring (bicyclic) bond motifs is 5. The molecule has 10 heteroatoms. The van der Waals surface area contributed by atoms with Crippen LogP contribution in [0.15, 0.2) is 29.1 Å². The van der Waals surface area contributed by atoms with Gasteiger partial charge in [-0.3, -0.25) is 9.59 Å². The van der Waals surface area contributed by atoms with Gasteiger partial charge in [0.25, 0.3) is 11.5 Å². The number of benzene rings is 1. The second-order valence-corrected chi connectivity index (χ2v) is 12.2. The van der Waals surface area contributed by atoms with Crippen LogP contribution < -0.4 is 15.6 Å². The maximum Gasteiger partial charge on any atom is 0.415 e. The largest absolute Gasteiger partial charge is 0.415 e. The Balaban J connectivity index is 1.16. The summed E-state index contributed by atoms with van der Waals surface area (Å²) < 4.78 is 7.54. The number of pyridine rings is 2. The molecule has 42 heavy (non-hydrogen) atoms. The van der Waals surface area contributed by atoms with E-state index in [1.54, 1.807) is 16.7 Å². The van der Waals surface area contributed by atoms with Crippen LogP contribution in [0.5, 0.6) is 5.75 Å². The van der Waals surface area contributed by atoms with E-state index in [4.69, 9.17) is 9.72 Å². The van der Waals surface area contributed by atoms with Gasteiger partial charge in [-0.05, 0) is 81.9 Å².